The summed E-state index contributed by atoms with van der Waals surface area (Å²) in [7, 11) is 2.94. The fraction of sp³-hybridized carbons (Fsp3) is 0.385. The van der Waals surface area contributed by atoms with E-state index >= 15 is 0 Å². The molecule has 1 N–H and O–H groups in total. The maximum absolute atomic E-state index is 14.8. The first-order valence-electron chi connectivity index (χ1n) is 11.5. The molecule has 0 bridgehead atoms. The molecule has 0 fully saturated rings. The number of benzene rings is 1. The number of pyridine rings is 1. The number of carbonyl (C=O) groups is 1. The molecule has 0 saturated heterocycles. The third-order valence-corrected chi connectivity index (χ3v) is 6.07. The van der Waals surface area contributed by atoms with Crippen molar-refractivity contribution in [3.63, 3.8) is 0 Å². The molecule has 0 amide bonds. The van der Waals surface area contributed by atoms with Gasteiger partial charge in [0, 0.05) is 31.8 Å². The van der Waals surface area contributed by atoms with E-state index in [0.717, 1.165) is 18.6 Å². The highest BCUT2D eigenvalue weighted by Gasteiger charge is 2.36. The first-order chi connectivity index (χ1) is 17.1. The molecule has 0 aliphatic rings. The smallest absolute Gasteiger partial charge is 0.318 e. The second-order valence-corrected chi connectivity index (χ2v) is 9.27. The number of fused-ring (bicyclic) bond motifs is 1. The van der Waals surface area contributed by atoms with Crippen LogP contribution in [0.1, 0.15) is 38.9 Å². The van der Waals surface area contributed by atoms with E-state index < -0.39 is 23.0 Å². The Morgan fingerprint density at radius 2 is 1.92 bits per heavy atom. The molecule has 8 nitrogen and oxygen atoms in total. The number of aromatic nitrogens is 4. The van der Waals surface area contributed by atoms with Gasteiger partial charge in [-0.15, -0.1) is 0 Å². The van der Waals surface area contributed by atoms with Crippen LogP contribution >= 0.6 is 0 Å². The van der Waals surface area contributed by atoms with Crippen LogP contribution in [0.5, 0.6) is 0 Å². The molecule has 0 saturated carbocycles. The molecule has 36 heavy (non-hydrogen) atoms. The maximum Gasteiger partial charge on any atom is 0.318 e. The summed E-state index contributed by atoms with van der Waals surface area (Å²) in [6.07, 6.45) is 1.50. The Morgan fingerprint density at radius 3 is 2.61 bits per heavy atom. The highest BCUT2D eigenvalue weighted by Crippen LogP contribution is 2.35. The maximum atomic E-state index is 14.8. The van der Waals surface area contributed by atoms with Crippen LogP contribution < -0.4 is 0 Å². The van der Waals surface area contributed by atoms with Crippen LogP contribution in [0.4, 0.5) is 8.78 Å². The lowest BCUT2D eigenvalue weighted by molar-refractivity contribution is -0.146. The number of ether oxygens (including phenoxy) is 2. The number of imidazole rings is 1. The highest BCUT2D eigenvalue weighted by atomic mass is 19.1. The van der Waals surface area contributed by atoms with E-state index in [1.165, 1.54) is 13.2 Å². The molecule has 190 valence electrons. The van der Waals surface area contributed by atoms with Gasteiger partial charge < -0.3 is 18.9 Å². The van der Waals surface area contributed by atoms with Crippen LogP contribution in [-0.2, 0) is 26.1 Å². The van der Waals surface area contributed by atoms with Crippen molar-refractivity contribution in [1.82, 2.24) is 19.9 Å². The summed E-state index contributed by atoms with van der Waals surface area (Å²) in [5, 5.41) is 0. The van der Waals surface area contributed by atoms with Crippen LogP contribution in [0.2, 0.25) is 0 Å². The molecule has 0 spiro atoms. The molecular weight excluding hydrogens is 470 g/mol. The minimum Gasteiger partial charge on any atom is -0.468 e. The van der Waals surface area contributed by atoms with Gasteiger partial charge in [0.05, 0.1) is 18.5 Å². The van der Waals surface area contributed by atoms with Crippen LogP contribution in [0.25, 0.3) is 33.9 Å². The zero-order chi connectivity index (χ0) is 26.0. The van der Waals surface area contributed by atoms with Crippen molar-refractivity contribution in [2.75, 3.05) is 20.8 Å². The SMILES string of the molecule is COCC[C@H](C)Cc1nc2ccc(-c3[nH]c(C(C)(C)C(=O)OC)nc3-c3ccc(F)cc3F)nc2o1. The molecule has 3 heterocycles. The van der Waals surface area contributed by atoms with Crippen LogP contribution in [-0.4, -0.2) is 46.7 Å². The van der Waals surface area contributed by atoms with Gasteiger partial charge in [0.2, 0.25) is 5.71 Å². The number of methoxy groups -OCH3 is 2. The third-order valence-electron chi connectivity index (χ3n) is 6.07. The Labute approximate surface area is 207 Å². The minimum absolute atomic E-state index is 0.0571. The first kappa shape index (κ1) is 25.4. The molecule has 0 radical (unpaired) electrons. The van der Waals surface area contributed by atoms with E-state index in [9.17, 15) is 13.6 Å². The lowest BCUT2D eigenvalue weighted by atomic mass is 9.93. The molecule has 1 atom stereocenters. The van der Waals surface area contributed by atoms with Gasteiger partial charge in [0.25, 0.3) is 0 Å². The summed E-state index contributed by atoms with van der Waals surface area (Å²) in [6.45, 7) is 6.01. The standard InChI is InChI=1S/C26H28F2N4O4/c1-14(10-11-34-4)12-20-29-19-9-8-18(30-23(19)36-20)22-21(16-7-6-15(27)13-17(16)28)31-24(32-22)26(2,3)25(33)35-5/h6-9,13-14H,10-12H2,1-5H3,(H,31,32)/t14-/m0/s1. The summed E-state index contributed by atoms with van der Waals surface area (Å²) in [5.74, 6) is -0.924. The van der Waals surface area contributed by atoms with Gasteiger partial charge >= 0.3 is 5.97 Å². The number of esters is 1. The number of aromatic amines is 1. The van der Waals surface area contributed by atoms with E-state index in [1.807, 2.05) is 0 Å². The van der Waals surface area contributed by atoms with Crippen LogP contribution in [0.3, 0.4) is 0 Å². The zero-order valence-electron chi connectivity index (χ0n) is 20.8. The van der Waals surface area contributed by atoms with E-state index in [4.69, 9.17) is 13.9 Å². The monoisotopic (exact) mass is 498 g/mol. The number of H-pyrrole nitrogens is 1. The van der Waals surface area contributed by atoms with E-state index in [2.05, 4.69) is 26.9 Å². The molecule has 0 aliphatic carbocycles. The van der Waals surface area contributed by atoms with Crippen molar-refractivity contribution in [1.29, 1.82) is 0 Å². The topological polar surface area (TPSA) is 103 Å². The number of carbonyl (C=O) groups excluding carboxylic acids is 1. The van der Waals surface area contributed by atoms with Crippen molar-refractivity contribution in [2.45, 2.75) is 39.0 Å². The highest BCUT2D eigenvalue weighted by molar-refractivity contribution is 5.84. The Balaban J connectivity index is 1.79. The molecule has 3 aromatic heterocycles. The molecule has 4 rings (SSSR count). The lowest BCUT2D eigenvalue weighted by Crippen LogP contribution is -2.31. The number of oxazole rings is 1. The normalized spacial score (nSPS) is 12.8. The fourth-order valence-electron chi connectivity index (χ4n) is 3.89. The minimum atomic E-state index is -1.17. The second kappa shape index (κ2) is 10.1. The number of hydrogen-bond donors (Lipinski definition) is 1. The summed E-state index contributed by atoms with van der Waals surface area (Å²) in [5.41, 5.74) is 0.713. The number of rotatable bonds is 9. The molecular formula is C26H28F2N4O4. The van der Waals surface area contributed by atoms with E-state index in [-0.39, 0.29) is 17.1 Å². The predicted octanol–water partition coefficient (Wildman–Crippen LogP) is 5.22. The third kappa shape index (κ3) is 4.99. The van der Waals surface area contributed by atoms with Crippen LogP contribution in [0.15, 0.2) is 34.7 Å². The van der Waals surface area contributed by atoms with Crippen molar-refractivity contribution in [3.8, 4) is 22.6 Å². The molecule has 0 aliphatic heterocycles. The van der Waals surface area contributed by atoms with Gasteiger partial charge in [-0.3, -0.25) is 4.79 Å². The van der Waals surface area contributed by atoms with Gasteiger partial charge in [0.15, 0.2) is 5.89 Å². The Kier molecular flexibility index (Phi) is 7.16. The Hall–Kier alpha value is -3.66. The number of nitrogens with one attached hydrogen (secondary N) is 1. The number of nitrogens with zero attached hydrogens (tertiary/aromatic N) is 3. The van der Waals surface area contributed by atoms with Crippen LogP contribution in [0, 0.1) is 17.6 Å². The molecule has 10 heteroatoms. The zero-order valence-corrected chi connectivity index (χ0v) is 20.8. The average molecular weight is 499 g/mol. The first-order valence-corrected chi connectivity index (χ1v) is 11.5. The van der Waals surface area contributed by atoms with Crippen molar-refractivity contribution in [3.05, 3.63) is 53.7 Å². The Bertz CT molecular complexity index is 1400. The van der Waals surface area contributed by atoms with Crippen molar-refractivity contribution >= 4 is 17.2 Å². The molecule has 4 aromatic rings. The molecule has 1 aromatic carbocycles. The Morgan fingerprint density at radius 1 is 1.14 bits per heavy atom. The van der Waals surface area contributed by atoms with E-state index in [1.54, 1.807) is 33.1 Å². The number of hydrogen-bond acceptors (Lipinski definition) is 7. The largest absolute Gasteiger partial charge is 0.468 e. The summed E-state index contributed by atoms with van der Waals surface area (Å²) in [6, 6.07) is 6.68. The summed E-state index contributed by atoms with van der Waals surface area (Å²) >= 11 is 0. The predicted molar refractivity (Wildman–Crippen MR) is 129 cm³/mol. The second-order valence-electron chi connectivity index (χ2n) is 9.27. The van der Waals surface area contributed by atoms with Gasteiger partial charge in [-0.25, -0.2) is 23.7 Å². The summed E-state index contributed by atoms with van der Waals surface area (Å²) in [4.78, 5) is 29.2. The summed E-state index contributed by atoms with van der Waals surface area (Å²) < 4.78 is 44.3. The molecule has 0 unspecified atom stereocenters. The van der Waals surface area contributed by atoms with Gasteiger partial charge in [0.1, 0.15) is 34.1 Å². The van der Waals surface area contributed by atoms with Crippen molar-refractivity contribution < 1.29 is 27.5 Å². The van der Waals surface area contributed by atoms with Crippen molar-refractivity contribution in [2.24, 2.45) is 5.92 Å². The van der Waals surface area contributed by atoms with Gasteiger partial charge in [-0.1, -0.05) is 6.92 Å². The lowest BCUT2D eigenvalue weighted by Gasteiger charge is -2.18. The average Bonchev–Trinajstić information content (AvgIpc) is 3.46. The fourth-order valence-corrected chi connectivity index (χ4v) is 3.89. The van der Waals surface area contributed by atoms with Gasteiger partial charge in [-0.05, 0) is 50.5 Å². The van der Waals surface area contributed by atoms with E-state index in [0.29, 0.717) is 47.5 Å². The van der Waals surface area contributed by atoms with Gasteiger partial charge in [-0.2, -0.15) is 0 Å². The number of halogens is 2. The quantitative estimate of drug-likeness (QED) is 0.316.